The second-order valence-electron chi connectivity index (χ2n) is 6.59. The van der Waals surface area contributed by atoms with E-state index in [0.717, 1.165) is 0 Å². The molecule has 0 saturated carbocycles. The van der Waals surface area contributed by atoms with Gasteiger partial charge < -0.3 is 37.0 Å². The first-order valence-corrected chi connectivity index (χ1v) is 10.6. The summed E-state index contributed by atoms with van der Waals surface area (Å²) in [6, 6.07) is -4.82. The molecule has 0 aromatic carbocycles. The number of nitrogens with two attached hydrogens (primary N) is 1. The largest absolute Gasteiger partial charge is 0.480 e. The summed E-state index contributed by atoms with van der Waals surface area (Å²) in [7, 11) is 0. The second-order valence-corrected chi connectivity index (χ2v) is 7.57. The number of carboxylic acids is 1. The van der Waals surface area contributed by atoms with Crippen LogP contribution in [-0.4, -0.2) is 88.4 Å². The minimum absolute atomic E-state index is 0.293. The lowest BCUT2D eigenvalue weighted by Crippen LogP contribution is -2.59. The quantitative estimate of drug-likeness (QED) is 0.156. The number of aliphatic carboxylic acids is 1. The van der Waals surface area contributed by atoms with Gasteiger partial charge in [0.15, 0.2) is 0 Å². The van der Waals surface area contributed by atoms with Gasteiger partial charge in [0.2, 0.25) is 17.7 Å². The Labute approximate surface area is 174 Å². The molecule has 0 spiro atoms. The Bertz CT molecular complexity index is 564. The molecule has 0 saturated heterocycles. The predicted molar refractivity (Wildman–Crippen MR) is 108 cm³/mol. The minimum atomic E-state index is -1.58. The number of rotatable bonds is 14. The first kappa shape index (κ1) is 27.1. The van der Waals surface area contributed by atoms with Gasteiger partial charge in [0.05, 0.1) is 19.3 Å². The topological polar surface area (TPSA) is 191 Å². The minimum Gasteiger partial charge on any atom is -0.480 e. The number of hydrogen-bond donors (Lipinski definition) is 7. The Kier molecular flexibility index (Phi) is 13.2. The Morgan fingerprint density at radius 2 is 1.52 bits per heavy atom. The highest BCUT2D eigenvalue weighted by atomic mass is 32.2. The average molecular weight is 437 g/mol. The zero-order chi connectivity index (χ0) is 22.6. The Hall–Kier alpha value is -1.89. The molecule has 0 radical (unpaired) electrons. The molecule has 0 aromatic heterocycles. The van der Waals surface area contributed by atoms with Gasteiger partial charge >= 0.3 is 5.97 Å². The van der Waals surface area contributed by atoms with Crippen molar-refractivity contribution < 1.29 is 34.5 Å². The summed E-state index contributed by atoms with van der Waals surface area (Å²) in [4.78, 5) is 48.0. The molecule has 168 valence electrons. The number of aliphatic hydroxyl groups excluding tert-OH is 2. The molecule has 3 amide bonds. The van der Waals surface area contributed by atoms with Gasteiger partial charge in [-0.25, -0.2) is 4.79 Å². The van der Waals surface area contributed by atoms with Crippen molar-refractivity contribution in [3.05, 3.63) is 0 Å². The SMILES string of the molecule is CCC(C)C(NC(=O)C(N)CCSC)C(=O)NC(CO)C(=O)NC(CO)C(=O)O. The van der Waals surface area contributed by atoms with Gasteiger partial charge in [-0.05, 0) is 24.3 Å². The standard InChI is InChI=1S/C17H32N4O7S/c1-4-9(2)13(21-14(24)10(18)5-6-29-3)16(26)19-11(7-22)15(25)20-12(8-23)17(27)28/h9-13,22-23H,4-8,18H2,1-3H3,(H,19,26)(H,20,25)(H,21,24)(H,27,28). The summed E-state index contributed by atoms with van der Waals surface area (Å²) in [6.07, 6.45) is 2.85. The number of carboxylic acid groups (broad SMARTS) is 1. The van der Waals surface area contributed by atoms with Crippen molar-refractivity contribution in [3.8, 4) is 0 Å². The van der Waals surface area contributed by atoms with Gasteiger partial charge in [0, 0.05) is 0 Å². The third-order valence-corrected chi connectivity index (χ3v) is 5.02. The van der Waals surface area contributed by atoms with Crippen molar-refractivity contribution in [2.75, 3.05) is 25.2 Å². The molecule has 0 aliphatic carbocycles. The monoisotopic (exact) mass is 436 g/mol. The zero-order valence-corrected chi connectivity index (χ0v) is 17.7. The van der Waals surface area contributed by atoms with Crippen LogP contribution in [0.1, 0.15) is 26.7 Å². The van der Waals surface area contributed by atoms with E-state index >= 15 is 0 Å². The van der Waals surface area contributed by atoms with E-state index in [1.165, 1.54) is 11.8 Å². The maximum Gasteiger partial charge on any atom is 0.328 e. The molecular formula is C17H32N4O7S. The summed E-state index contributed by atoms with van der Waals surface area (Å²) in [5, 5.41) is 34.2. The van der Waals surface area contributed by atoms with Crippen LogP contribution in [0, 0.1) is 5.92 Å². The van der Waals surface area contributed by atoms with Crippen molar-refractivity contribution in [1.29, 1.82) is 0 Å². The lowest BCUT2D eigenvalue weighted by molar-refractivity contribution is -0.143. The molecule has 0 heterocycles. The van der Waals surface area contributed by atoms with Crippen LogP contribution in [-0.2, 0) is 19.2 Å². The van der Waals surface area contributed by atoms with Crippen LogP contribution in [0.4, 0.5) is 0 Å². The molecule has 0 bridgehead atoms. The van der Waals surface area contributed by atoms with Crippen LogP contribution in [0.5, 0.6) is 0 Å². The van der Waals surface area contributed by atoms with Gasteiger partial charge in [-0.2, -0.15) is 11.8 Å². The van der Waals surface area contributed by atoms with Crippen molar-refractivity contribution in [2.24, 2.45) is 11.7 Å². The van der Waals surface area contributed by atoms with Crippen LogP contribution in [0.15, 0.2) is 0 Å². The summed E-state index contributed by atoms with van der Waals surface area (Å²) in [6.45, 7) is 1.90. The van der Waals surface area contributed by atoms with E-state index in [2.05, 4.69) is 10.6 Å². The first-order valence-electron chi connectivity index (χ1n) is 9.22. The molecule has 8 N–H and O–H groups in total. The van der Waals surface area contributed by atoms with Crippen molar-refractivity contribution in [1.82, 2.24) is 16.0 Å². The lowest BCUT2D eigenvalue weighted by Gasteiger charge is -2.27. The van der Waals surface area contributed by atoms with E-state index in [1.807, 2.05) is 18.5 Å². The average Bonchev–Trinajstić information content (AvgIpc) is 2.70. The Morgan fingerprint density at radius 3 is 1.97 bits per heavy atom. The van der Waals surface area contributed by atoms with Gasteiger partial charge in [-0.3, -0.25) is 14.4 Å². The molecule has 0 fully saturated rings. The molecule has 11 nitrogen and oxygen atoms in total. The van der Waals surface area contributed by atoms with Crippen molar-refractivity contribution in [3.63, 3.8) is 0 Å². The molecule has 0 aliphatic rings. The fourth-order valence-corrected chi connectivity index (χ4v) is 2.74. The van der Waals surface area contributed by atoms with Crippen LogP contribution in [0.25, 0.3) is 0 Å². The van der Waals surface area contributed by atoms with E-state index in [1.54, 1.807) is 6.92 Å². The highest BCUT2D eigenvalue weighted by molar-refractivity contribution is 7.98. The fraction of sp³-hybridized carbons (Fsp3) is 0.765. The number of aliphatic hydroxyl groups is 2. The summed E-state index contributed by atoms with van der Waals surface area (Å²) >= 11 is 1.54. The maximum atomic E-state index is 12.7. The van der Waals surface area contributed by atoms with E-state index in [0.29, 0.717) is 18.6 Å². The summed E-state index contributed by atoms with van der Waals surface area (Å²) in [5.41, 5.74) is 5.83. The van der Waals surface area contributed by atoms with E-state index in [9.17, 15) is 24.3 Å². The third-order valence-electron chi connectivity index (χ3n) is 4.38. The van der Waals surface area contributed by atoms with Gasteiger partial charge in [0.1, 0.15) is 18.1 Å². The zero-order valence-electron chi connectivity index (χ0n) is 16.9. The third kappa shape index (κ3) is 9.43. The Balaban J connectivity index is 5.16. The van der Waals surface area contributed by atoms with Crippen LogP contribution in [0.3, 0.4) is 0 Å². The molecule has 12 heteroatoms. The van der Waals surface area contributed by atoms with Crippen LogP contribution in [0.2, 0.25) is 0 Å². The smallest absolute Gasteiger partial charge is 0.328 e. The predicted octanol–water partition coefficient (Wildman–Crippen LogP) is -2.36. The summed E-state index contributed by atoms with van der Waals surface area (Å²) in [5.74, 6) is -3.28. The normalized spacial score (nSPS) is 16.1. The maximum absolute atomic E-state index is 12.7. The summed E-state index contributed by atoms with van der Waals surface area (Å²) < 4.78 is 0. The number of hydrogen-bond acceptors (Lipinski definition) is 8. The molecule has 0 rings (SSSR count). The van der Waals surface area contributed by atoms with Gasteiger partial charge in [-0.15, -0.1) is 0 Å². The van der Waals surface area contributed by atoms with E-state index in [-0.39, 0.29) is 5.92 Å². The van der Waals surface area contributed by atoms with Gasteiger partial charge in [-0.1, -0.05) is 20.3 Å². The Morgan fingerprint density at radius 1 is 0.966 bits per heavy atom. The fourth-order valence-electron chi connectivity index (χ4n) is 2.25. The molecule has 0 aromatic rings. The van der Waals surface area contributed by atoms with Gasteiger partial charge in [0.25, 0.3) is 0 Å². The number of carbonyl (C=O) groups excluding carboxylic acids is 3. The molecular weight excluding hydrogens is 404 g/mol. The van der Waals surface area contributed by atoms with Crippen LogP contribution >= 0.6 is 11.8 Å². The highest BCUT2D eigenvalue weighted by Gasteiger charge is 2.32. The van der Waals surface area contributed by atoms with Crippen LogP contribution < -0.4 is 21.7 Å². The first-order chi connectivity index (χ1) is 13.6. The molecule has 5 unspecified atom stereocenters. The number of nitrogens with one attached hydrogen (secondary N) is 3. The number of carbonyl (C=O) groups is 4. The second kappa shape index (κ2) is 14.1. The van der Waals surface area contributed by atoms with E-state index < -0.39 is 61.1 Å². The highest BCUT2D eigenvalue weighted by Crippen LogP contribution is 2.09. The number of amides is 3. The van der Waals surface area contributed by atoms with Crippen molar-refractivity contribution >= 4 is 35.5 Å². The molecule has 0 aliphatic heterocycles. The number of thioether (sulfide) groups is 1. The molecule has 5 atom stereocenters. The van der Waals surface area contributed by atoms with E-state index in [4.69, 9.17) is 15.9 Å². The molecule has 29 heavy (non-hydrogen) atoms. The lowest BCUT2D eigenvalue weighted by atomic mass is 9.97. The van der Waals surface area contributed by atoms with Crippen molar-refractivity contribution in [2.45, 2.75) is 50.9 Å².